The maximum atomic E-state index is 12.9. The monoisotopic (exact) mass is 315 g/mol. The molecule has 0 heterocycles. The molecule has 0 aliphatic heterocycles. The van der Waals surface area contributed by atoms with Crippen LogP contribution in [0.2, 0.25) is 0 Å². The second kappa shape index (κ2) is 7.27. The summed E-state index contributed by atoms with van der Waals surface area (Å²) in [4.78, 5) is 13.6. The molecule has 0 atom stereocenters. The molecule has 0 radical (unpaired) electrons. The molecule has 0 aliphatic rings. The van der Waals surface area contributed by atoms with Crippen LogP contribution in [0, 0.1) is 12.7 Å². The van der Waals surface area contributed by atoms with Crippen LogP contribution in [0.5, 0.6) is 0 Å². The molecule has 22 heavy (non-hydrogen) atoms. The summed E-state index contributed by atoms with van der Waals surface area (Å²) < 4.78 is 12.9. The molecule has 2 aromatic rings. The van der Waals surface area contributed by atoms with E-state index in [4.69, 9.17) is 0 Å². The van der Waals surface area contributed by atoms with Gasteiger partial charge in [0, 0.05) is 16.3 Å². The number of nitrogens with one attached hydrogen (secondary N) is 1. The van der Waals surface area contributed by atoms with E-state index in [1.165, 1.54) is 29.5 Å². The lowest BCUT2D eigenvalue weighted by molar-refractivity contribution is -0.113. The third kappa shape index (κ3) is 4.46. The lowest BCUT2D eigenvalue weighted by Gasteiger charge is -2.12. The Balaban J connectivity index is 2.22. The van der Waals surface area contributed by atoms with E-state index in [1.807, 2.05) is 38.1 Å². The van der Waals surface area contributed by atoms with Gasteiger partial charge in [-0.25, -0.2) is 4.39 Å². The lowest BCUT2D eigenvalue weighted by Crippen LogP contribution is -2.04. The van der Waals surface area contributed by atoms with Crippen molar-refractivity contribution in [2.24, 2.45) is 0 Å². The molecule has 114 valence electrons. The minimum atomic E-state index is -0.284. The van der Waals surface area contributed by atoms with Crippen LogP contribution in [0.25, 0.3) is 0 Å². The van der Waals surface area contributed by atoms with Crippen LogP contribution < -0.4 is 5.32 Å². The summed E-state index contributed by atoms with van der Waals surface area (Å²) in [5.41, 5.74) is 2.69. The molecule has 1 N–H and O–H groups in total. The van der Waals surface area contributed by atoms with Crippen LogP contribution in [0.15, 0.2) is 64.0 Å². The molecule has 0 amide bonds. The highest BCUT2D eigenvalue weighted by Gasteiger charge is 2.11. The van der Waals surface area contributed by atoms with Crippen molar-refractivity contribution in [2.45, 2.75) is 25.7 Å². The number of carbonyl (C=O) groups is 1. The topological polar surface area (TPSA) is 29.1 Å². The van der Waals surface area contributed by atoms with Crippen molar-refractivity contribution in [3.8, 4) is 0 Å². The normalized spacial score (nSPS) is 11.8. The number of ketones is 1. The van der Waals surface area contributed by atoms with Gasteiger partial charge in [0.2, 0.25) is 0 Å². The van der Waals surface area contributed by atoms with E-state index in [0.29, 0.717) is 4.91 Å². The third-order valence-corrected chi connectivity index (χ3v) is 4.38. The van der Waals surface area contributed by atoms with Crippen LogP contribution in [0.4, 0.5) is 10.1 Å². The van der Waals surface area contributed by atoms with Crippen molar-refractivity contribution in [1.82, 2.24) is 0 Å². The maximum absolute atomic E-state index is 12.9. The van der Waals surface area contributed by atoms with E-state index in [-0.39, 0.29) is 11.6 Å². The number of allylic oxidation sites excluding steroid dienone is 2. The largest absolute Gasteiger partial charge is 0.358 e. The van der Waals surface area contributed by atoms with Gasteiger partial charge in [0.05, 0.1) is 4.91 Å². The average Bonchev–Trinajstić information content (AvgIpc) is 2.48. The molecule has 2 aromatic carbocycles. The Morgan fingerprint density at radius 3 is 2.14 bits per heavy atom. The molecule has 0 saturated heterocycles. The molecule has 4 heteroatoms. The zero-order valence-corrected chi connectivity index (χ0v) is 13.6. The van der Waals surface area contributed by atoms with Gasteiger partial charge in [-0.15, -0.1) is 0 Å². The average molecular weight is 315 g/mol. The predicted octanol–water partition coefficient (Wildman–Crippen LogP) is 5.16. The number of Topliss-reactive ketones (excluding diaryl/α,β-unsaturated/α-hetero) is 1. The number of aryl methyl sites for hydroxylation is 1. The number of thioether (sulfide) groups is 1. The van der Waals surface area contributed by atoms with Crippen molar-refractivity contribution in [2.75, 3.05) is 5.32 Å². The van der Waals surface area contributed by atoms with Gasteiger partial charge < -0.3 is 5.32 Å². The maximum Gasteiger partial charge on any atom is 0.168 e. The van der Waals surface area contributed by atoms with Crippen LogP contribution in [-0.4, -0.2) is 5.78 Å². The summed E-state index contributed by atoms with van der Waals surface area (Å²) in [6.07, 6.45) is 0. The number of rotatable bonds is 5. The van der Waals surface area contributed by atoms with E-state index in [2.05, 4.69) is 5.32 Å². The Hall–Kier alpha value is -2.07. The Kier molecular flexibility index (Phi) is 5.39. The van der Waals surface area contributed by atoms with E-state index >= 15 is 0 Å². The van der Waals surface area contributed by atoms with E-state index in [9.17, 15) is 9.18 Å². The van der Waals surface area contributed by atoms with Crippen molar-refractivity contribution >= 4 is 23.2 Å². The van der Waals surface area contributed by atoms with E-state index < -0.39 is 0 Å². The molecule has 0 bridgehead atoms. The smallest absolute Gasteiger partial charge is 0.168 e. The first-order chi connectivity index (χ1) is 10.5. The summed E-state index contributed by atoms with van der Waals surface area (Å²) in [5, 5.41) is 3.15. The minimum absolute atomic E-state index is 0.00214. The molecule has 2 nitrogen and oxygen atoms in total. The molecule has 0 aromatic heterocycles. The van der Waals surface area contributed by atoms with E-state index in [0.717, 1.165) is 16.3 Å². The van der Waals surface area contributed by atoms with Gasteiger partial charge in [0.25, 0.3) is 0 Å². The lowest BCUT2D eigenvalue weighted by atomic mass is 10.2. The van der Waals surface area contributed by atoms with Gasteiger partial charge in [-0.2, -0.15) is 0 Å². The summed E-state index contributed by atoms with van der Waals surface area (Å²) >= 11 is 1.43. The fourth-order valence-corrected chi connectivity index (χ4v) is 2.80. The fourth-order valence-electron chi connectivity index (χ4n) is 1.94. The highest BCUT2D eigenvalue weighted by atomic mass is 32.2. The second-order valence-electron chi connectivity index (χ2n) is 5.06. The standard InChI is InChI=1S/C18H18FNOS/c1-12-4-10-17(11-5-12)22-18(14(3)21)13(2)20-16-8-6-15(19)7-9-16/h4-11,20H,1-3H3/b18-13+. The van der Waals surface area contributed by atoms with Crippen molar-refractivity contribution < 1.29 is 9.18 Å². The SMILES string of the molecule is CC(=O)/C(Sc1ccc(C)cc1)=C(/C)Nc1ccc(F)cc1. The Morgan fingerprint density at radius 1 is 1.00 bits per heavy atom. The van der Waals surface area contributed by atoms with Crippen LogP contribution in [0.3, 0.4) is 0 Å². The van der Waals surface area contributed by atoms with Crippen LogP contribution in [0.1, 0.15) is 19.4 Å². The van der Waals surface area contributed by atoms with Gasteiger partial charge in [-0.3, -0.25) is 4.79 Å². The molecular weight excluding hydrogens is 297 g/mol. The highest BCUT2D eigenvalue weighted by Crippen LogP contribution is 2.30. The Morgan fingerprint density at radius 2 is 1.59 bits per heavy atom. The van der Waals surface area contributed by atoms with Crippen molar-refractivity contribution in [1.29, 1.82) is 0 Å². The second-order valence-corrected chi connectivity index (χ2v) is 6.14. The molecule has 0 aliphatic carbocycles. The van der Waals surface area contributed by atoms with Crippen molar-refractivity contribution in [3.05, 3.63) is 70.5 Å². The zero-order chi connectivity index (χ0) is 16.1. The van der Waals surface area contributed by atoms with Crippen LogP contribution >= 0.6 is 11.8 Å². The molecule has 0 spiro atoms. The van der Waals surface area contributed by atoms with E-state index in [1.54, 1.807) is 19.1 Å². The summed E-state index contributed by atoms with van der Waals surface area (Å²) in [5.74, 6) is -0.286. The first kappa shape index (κ1) is 16.3. The van der Waals surface area contributed by atoms with Crippen molar-refractivity contribution in [3.63, 3.8) is 0 Å². The molecule has 0 fully saturated rings. The van der Waals surface area contributed by atoms with Gasteiger partial charge in [0.15, 0.2) is 5.78 Å². The number of anilines is 1. The first-order valence-corrected chi connectivity index (χ1v) is 7.76. The first-order valence-electron chi connectivity index (χ1n) is 6.94. The van der Waals surface area contributed by atoms with Gasteiger partial charge in [-0.1, -0.05) is 29.5 Å². The Labute approximate surface area is 134 Å². The summed E-state index contributed by atoms with van der Waals surface area (Å²) in [7, 11) is 0. The number of carbonyl (C=O) groups excluding carboxylic acids is 1. The van der Waals surface area contributed by atoms with Gasteiger partial charge in [-0.05, 0) is 57.2 Å². The van der Waals surface area contributed by atoms with Crippen LogP contribution in [-0.2, 0) is 4.79 Å². The summed E-state index contributed by atoms with van der Waals surface area (Å²) in [6, 6.07) is 14.1. The summed E-state index contributed by atoms with van der Waals surface area (Å²) in [6.45, 7) is 5.42. The Bertz CT molecular complexity index is 690. The molecule has 0 saturated carbocycles. The molecule has 2 rings (SSSR count). The van der Waals surface area contributed by atoms with Gasteiger partial charge in [0.1, 0.15) is 5.82 Å². The quantitative estimate of drug-likeness (QED) is 0.610. The third-order valence-electron chi connectivity index (χ3n) is 3.08. The number of halogens is 1. The zero-order valence-electron chi connectivity index (χ0n) is 12.8. The minimum Gasteiger partial charge on any atom is -0.358 e. The van der Waals surface area contributed by atoms with Gasteiger partial charge >= 0.3 is 0 Å². The fraction of sp³-hybridized carbons (Fsp3) is 0.167. The highest BCUT2D eigenvalue weighted by molar-refractivity contribution is 8.04. The number of hydrogen-bond donors (Lipinski definition) is 1. The predicted molar refractivity (Wildman–Crippen MR) is 90.4 cm³/mol. The number of benzene rings is 2. The number of hydrogen-bond acceptors (Lipinski definition) is 3. The molecule has 0 unspecified atom stereocenters. The molecular formula is C18H18FNOS.